The molecule has 1 amide bonds. The number of nitrogens with zero attached hydrogens (tertiary/aromatic N) is 2. The van der Waals surface area contributed by atoms with Gasteiger partial charge in [0, 0.05) is 19.8 Å². The number of unbranched alkanes of at least 4 members (excludes halogenated alkanes) is 1. The third kappa shape index (κ3) is 4.65. The largest absolute Gasteiger partial charge is 0.506 e. The molecular weight excluding hydrogens is 254 g/mol. The number of phenols is 1. The van der Waals surface area contributed by atoms with Crippen LogP contribution in [0.25, 0.3) is 0 Å². The average Bonchev–Trinajstić information content (AvgIpc) is 2.44. The maximum Gasteiger partial charge on any atom is 0.267 e. The second kappa shape index (κ2) is 7.85. The van der Waals surface area contributed by atoms with E-state index in [0.717, 1.165) is 19.4 Å². The van der Waals surface area contributed by atoms with Gasteiger partial charge in [-0.1, -0.05) is 25.5 Å². The summed E-state index contributed by atoms with van der Waals surface area (Å²) in [4.78, 5) is 13.8. The molecule has 0 fully saturated rings. The molecule has 0 radical (unpaired) electrons. The van der Waals surface area contributed by atoms with Gasteiger partial charge in [-0.15, -0.1) is 0 Å². The van der Waals surface area contributed by atoms with Crippen LogP contribution in [0.1, 0.15) is 19.8 Å². The number of phenolic OH excluding ortho intramolecular Hbond substituents is 1. The number of aromatic hydroxyl groups is 1. The molecule has 0 aromatic heterocycles. The van der Waals surface area contributed by atoms with Crippen LogP contribution in [0.4, 0.5) is 5.69 Å². The Morgan fingerprint density at radius 2 is 2.20 bits per heavy atom. The molecular formula is C15H19N3O2. The minimum absolute atomic E-state index is 0.00635. The van der Waals surface area contributed by atoms with Gasteiger partial charge in [0.1, 0.15) is 17.4 Å². The van der Waals surface area contributed by atoms with E-state index in [1.807, 2.05) is 18.0 Å². The first-order chi connectivity index (χ1) is 9.58. The lowest BCUT2D eigenvalue weighted by Crippen LogP contribution is -2.19. The van der Waals surface area contributed by atoms with Gasteiger partial charge in [-0.3, -0.25) is 4.79 Å². The number of carbonyl (C=O) groups excluding carboxylic acids is 1. The van der Waals surface area contributed by atoms with E-state index in [4.69, 9.17) is 5.26 Å². The van der Waals surface area contributed by atoms with Crippen LogP contribution >= 0.6 is 0 Å². The normalized spacial score (nSPS) is 10.8. The number of benzene rings is 1. The Kier molecular flexibility index (Phi) is 6.11. The fourth-order valence-electron chi connectivity index (χ4n) is 1.60. The molecule has 0 unspecified atom stereocenters. The number of rotatable bonds is 6. The summed E-state index contributed by atoms with van der Waals surface area (Å²) in [6, 6.07) is 8.27. The lowest BCUT2D eigenvalue weighted by molar-refractivity contribution is -0.112. The van der Waals surface area contributed by atoms with E-state index in [9.17, 15) is 9.90 Å². The summed E-state index contributed by atoms with van der Waals surface area (Å²) in [6.45, 7) is 2.86. The number of nitrogens with one attached hydrogen (secondary N) is 1. The van der Waals surface area contributed by atoms with Crippen LogP contribution in [-0.4, -0.2) is 29.5 Å². The Hall–Kier alpha value is -2.48. The van der Waals surface area contributed by atoms with Crippen LogP contribution in [-0.2, 0) is 4.79 Å². The maximum absolute atomic E-state index is 12.0. The molecule has 0 aliphatic rings. The summed E-state index contributed by atoms with van der Waals surface area (Å²) in [5.74, 6) is -0.560. The van der Waals surface area contributed by atoms with Crippen molar-refractivity contribution in [3.8, 4) is 11.8 Å². The smallest absolute Gasteiger partial charge is 0.267 e. The second-order valence-electron chi connectivity index (χ2n) is 4.46. The van der Waals surface area contributed by atoms with Crippen LogP contribution in [0.15, 0.2) is 36.0 Å². The second-order valence-corrected chi connectivity index (χ2v) is 4.46. The monoisotopic (exact) mass is 273 g/mol. The van der Waals surface area contributed by atoms with Crippen molar-refractivity contribution in [2.45, 2.75) is 19.8 Å². The average molecular weight is 273 g/mol. The third-order valence-corrected chi connectivity index (χ3v) is 2.73. The molecule has 1 rings (SSSR count). The minimum Gasteiger partial charge on any atom is -0.506 e. The minimum atomic E-state index is -0.530. The molecule has 0 aliphatic heterocycles. The van der Waals surface area contributed by atoms with Crippen molar-refractivity contribution in [3.05, 3.63) is 36.0 Å². The standard InChI is InChI=1S/C15H19N3O2/c1-3-4-9-18(2)11-12(10-16)15(20)17-13-7-5-6-8-14(13)19/h5-8,11,19H,3-4,9H2,1-2H3,(H,17,20)/b12-11-. The van der Waals surface area contributed by atoms with Crippen LogP contribution in [0, 0.1) is 11.3 Å². The molecule has 0 aliphatic carbocycles. The lowest BCUT2D eigenvalue weighted by Gasteiger charge is -2.14. The van der Waals surface area contributed by atoms with E-state index < -0.39 is 5.91 Å². The number of para-hydroxylation sites is 2. The molecule has 0 bridgehead atoms. The van der Waals surface area contributed by atoms with Crippen LogP contribution in [0.3, 0.4) is 0 Å². The zero-order chi connectivity index (χ0) is 15.0. The maximum atomic E-state index is 12.0. The lowest BCUT2D eigenvalue weighted by atomic mass is 10.2. The van der Waals surface area contributed by atoms with Crippen molar-refractivity contribution < 1.29 is 9.90 Å². The third-order valence-electron chi connectivity index (χ3n) is 2.73. The van der Waals surface area contributed by atoms with Crippen molar-refractivity contribution >= 4 is 11.6 Å². The van der Waals surface area contributed by atoms with Crippen LogP contribution in [0.2, 0.25) is 0 Å². The number of carbonyl (C=O) groups is 1. The predicted octanol–water partition coefficient (Wildman–Crippen LogP) is 2.47. The van der Waals surface area contributed by atoms with Crippen molar-refractivity contribution in [2.75, 3.05) is 18.9 Å². The van der Waals surface area contributed by atoms with Gasteiger partial charge < -0.3 is 15.3 Å². The molecule has 5 nitrogen and oxygen atoms in total. The van der Waals surface area contributed by atoms with Gasteiger partial charge in [0.15, 0.2) is 0 Å². The fraction of sp³-hybridized carbons (Fsp3) is 0.333. The van der Waals surface area contributed by atoms with Crippen LogP contribution < -0.4 is 5.32 Å². The molecule has 20 heavy (non-hydrogen) atoms. The molecule has 0 atom stereocenters. The van der Waals surface area contributed by atoms with Gasteiger partial charge in [0.25, 0.3) is 5.91 Å². The van der Waals surface area contributed by atoms with Gasteiger partial charge >= 0.3 is 0 Å². The van der Waals surface area contributed by atoms with Crippen molar-refractivity contribution in [2.24, 2.45) is 0 Å². The first-order valence-electron chi connectivity index (χ1n) is 6.50. The number of anilines is 1. The van der Waals surface area contributed by atoms with Gasteiger partial charge in [-0.05, 0) is 18.6 Å². The summed E-state index contributed by atoms with van der Waals surface area (Å²) >= 11 is 0. The Balaban J connectivity index is 2.76. The van der Waals surface area contributed by atoms with E-state index in [2.05, 4.69) is 12.2 Å². The summed E-state index contributed by atoms with van der Waals surface area (Å²) in [5, 5.41) is 21.2. The Morgan fingerprint density at radius 3 is 2.80 bits per heavy atom. The highest BCUT2D eigenvalue weighted by atomic mass is 16.3. The van der Waals surface area contributed by atoms with Gasteiger partial charge in [-0.2, -0.15) is 5.26 Å². The molecule has 2 N–H and O–H groups in total. The van der Waals surface area contributed by atoms with Crippen LogP contribution in [0.5, 0.6) is 5.75 Å². The predicted molar refractivity (Wildman–Crippen MR) is 78.0 cm³/mol. The van der Waals surface area contributed by atoms with Gasteiger partial charge in [0.2, 0.25) is 0 Å². The quantitative estimate of drug-likeness (QED) is 0.474. The highest BCUT2D eigenvalue weighted by Gasteiger charge is 2.12. The highest BCUT2D eigenvalue weighted by Crippen LogP contribution is 2.21. The zero-order valence-corrected chi connectivity index (χ0v) is 11.8. The molecule has 106 valence electrons. The Labute approximate surface area is 119 Å². The van der Waals surface area contributed by atoms with E-state index in [1.165, 1.54) is 12.3 Å². The van der Waals surface area contributed by atoms with E-state index >= 15 is 0 Å². The highest BCUT2D eigenvalue weighted by molar-refractivity contribution is 6.07. The number of nitriles is 1. The number of hydrogen-bond acceptors (Lipinski definition) is 4. The van der Waals surface area contributed by atoms with Crippen molar-refractivity contribution in [3.63, 3.8) is 0 Å². The summed E-state index contributed by atoms with van der Waals surface area (Å²) in [5.41, 5.74) is 0.293. The first-order valence-corrected chi connectivity index (χ1v) is 6.50. The summed E-state index contributed by atoms with van der Waals surface area (Å²) in [6.07, 6.45) is 3.56. The molecule has 1 aromatic carbocycles. The van der Waals surface area contributed by atoms with E-state index in [-0.39, 0.29) is 17.0 Å². The fourth-order valence-corrected chi connectivity index (χ4v) is 1.60. The van der Waals surface area contributed by atoms with Gasteiger partial charge in [-0.25, -0.2) is 0 Å². The number of hydrogen-bond donors (Lipinski definition) is 2. The molecule has 0 heterocycles. The number of amides is 1. The Morgan fingerprint density at radius 1 is 1.50 bits per heavy atom. The molecule has 0 saturated heterocycles. The van der Waals surface area contributed by atoms with E-state index in [0.29, 0.717) is 0 Å². The molecule has 0 saturated carbocycles. The zero-order valence-electron chi connectivity index (χ0n) is 11.8. The van der Waals surface area contributed by atoms with Gasteiger partial charge in [0.05, 0.1) is 5.69 Å². The molecule has 5 heteroatoms. The molecule has 1 aromatic rings. The molecule has 0 spiro atoms. The van der Waals surface area contributed by atoms with Crippen molar-refractivity contribution in [1.82, 2.24) is 4.90 Å². The first kappa shape index (κ1) is 15.6. The SMILES string of the molecule is CCCCN(C)/C=C(/C#N)C(=O)Nc1ccccc1O. The van der Waals surface area contributed by atoms with Crippen molar-refractivity contribution in [1.29, 1.82) is 5.26 Å². The topological polar surface area (TPSA) is 76.4 Å². The summed E-state index contributed by atoms with van der Waals surface area (Å²) < 4.78 is 0. The van der Waals surface area contributed by atoms with E-state index in [1.54, 1.807) is 18.2 Å². The summed E-state index contributed by atoms with van der Waals surface area (Å²) in [7, 11) is 1.82. The Bertz CT molecular complexity index is 532.